The van der Waals surface area contributed by atoms with Crippen LogP contribution < -0.4 is 5.32 Å². The van der Waals surface area contributed by atoms with Crippen molar-refractivity contribution in [1.29, 1.82) is 0 Å². The third-order valence-corrected chi connectivity index (χ3v) is 2.29. The van der Waals surface area contributed by atoms with Gasteiger partial charge in [0.15, 0.2) is 0 Å². The van der Waals surface area contributed by atoms with Gasteiger partial charge in [-0.25, -0.2) is 0 Å². The molecule has 0 aromatic heterocycles. The molecule has 0 bridgehead atoms. The monoisotopic (exact) mass is 245 g/mol. The number of nitrogens with one attached hydrogen (secondary N) is 1. The highest BCUT2D eigenvalue weighted by atomic mass is 16.3. The van der Waals surface area contributed by atoms with Gasteiger partial charge in [0.05, 0.1) is 25.2 Å². The third kappa shape index (κ3) is 8.83. The van der Waals surface area contributed by atoms with E-state index in [1.807, 2.05) is 13.8 Å². The number of amides is 1. The minimum absolute atomic E-state index is 0.0125. The summed E-state index contributed by atoms with van der Waals surface area (Å²) in [6.07, 6.45) is -0.369. The zero-order valence-corrected chi connectivity index (χ0v) is 10.8. The highest BCUT2D eigenvalue weighted by Crippen LogP contribution is 2.05. The van der Waals surface area contributed by atoms with Gasteiger partial charge in [-0.15, -0.1) is 0 Å². The molecule has 0 saturated carbocycles. The van der Waals surface area contributed by atoms with E-state index < -0.39 is 6.10 Å². The Morgan fingerprint density at radius 3 is 2.24 bits per heavy atom. The predicted octanol–water partition coefficient (Wildman–Crippen LogP) is 0.240. The van der Waals surface area contributed by atoms with E-state index in [1.54, 1.807) is 0 Å². The number of carbonyl (C=O) groups is 2. The van der Waals surface area contributed by atoms with Crippen molar-refractivity contribution in [2.45, 2.75) is 52.2 Å². The maximum absolute atomic E-state index is 11.5. The molecule has 100 valence electrons. The second-order valence-corrected chi connectivity index (χ2v) is 4.84. The molecule has 0 aromatic carbocycles. The van der Waals surface area contributed by atoms with Crippen LogP contribution in [-0.2, 0) is 9.59 Å². The lowest BCUT2D eigenvalue weighted by atomic mass is 10.0. The molecule has 3 N–H and O–H groups in total. The minimum Gasteiger partial charge on any atom is -0.394 e. The first kappa shape index (κ1) is 16.1. The molecule has 0 rings (SSSR count). The molecule has 17 heavy (non-hydrogen) atoms. The fraction of sp³-hybridized carbons (Fsp3) is 0.833. The molecule has 0 aliphatic carbocycles. The zero-order chi connectivity index (χ0) is 13.4. The van der Waals surface area contributed by atoms with Crippen molar-refractivity contribution in [2.24, 2.45) is 5.92 Å². The Labute approximate surface area is 102 Å². The molecular formula is C12H23NO4. The third-order valence-electron chi connectivity index (χ3n) is 2.29. The summed E-state index contributed by atoms with van der Waals surface area (Å²) in [4.78, 5) is 22.2. The van der Waals surface area contributed by atoms with Gasteiger partial charge in [0, 0.05) is 6.42 Å². The summed E-state index contributed by atoms with van der Waals surface area (Å²) in [5.41, 5.74) is 0. The van der Waals surface area contributed by atoms with Crippen molar-refractivity contribution in [1.82, 2.24) is 5.32 Å². The van der Waals surface area contributed by atoms with E-state index >= 15 is 0 Å². The highest BCUT2D eigenvalue weighted by molar-refractivity contribution is 5.79. The van der Waals surface area contributed by atoms with Crippen LogP contribution in [0, 0.1) is 5.92 Å². The summed E-state index contributed by atoms with van der Waals surface area (Å²) in [5.74, 6) is -0.112. The Bertz CT molecular complexity index is 253. The molecule has 0 radical (unpaired) electrons. The molecule has 0 unspecified atom stereocenters. The lowest BCUT2D eigenvalue weighted by molar-refractivity contribution is -0.125. The zero-order valence-electron chi connectivity index (χ0n) is 10.8. The number of ketones is 1. The van der Waals surface area contributed by atoms with Crippen LogP contribution in [0.3, 0.4) is 0 Å². The average molecular weight is 245 g/mol. The molecule has 0 aliphatic rings. The highest BCUT2D eigenvalue weighted by Gasteiger charge is 2.16. The van der Waals surface area contributed by atoms with Gasteiger partial charge in [0.25, 0.3) is 0 Å². The van der Waals surface area contributed by atoms with Crippen molar-refractivity contribution >= 4 is 11.7 Å². The fourth-order valence-electron chi connectivity index (χ4n) is 1.65. The van der Waals surface area contributed by atoms with Crippen LogP contribution in [0.15, 0.2) is 0 Å². The summed E-state index contributed by atoms with van der Waals surface area (Å²) in [5, 5.41) is 21.1. The average Bonchev–Trinajstić information content (AvgIpc) is 2.13. The summed E-state index contributed by atoms with van der Waals surface area (Å²) < 4.78 is 0. The Hall–Kier alpha value is -0.940. The molecule has 0 spiro atoms. The molecule has 2 atom stereocenters. The molecule has 0 aromatic rings. The second-order valence-electron chi connectivity index (χ2n) is 4.84. The van der Waals surface area contributed by atoms with Gasteiger partial charge < -0.3 is 15.5 Å². The molecule has 5 nitrogen and oxygen atoms in total. The van der Waals surface area contributed by atoms with Crippen LogP contribution in [0.1, 0.15) is 40.0 Å². The Balaban J connectivity index is 4.01. The number of Topliss-reactive ketones (excluding diaryl/α,β-unsaturated/α-hetero) is 1. The van der Waals surface area contributed by atoms with Crippen molar-refractivity contribution < 1.29 is 19.8 Å². The fourth-order valence-corrected chi connectivity index (χ4v) is 1.65. The van der Waals surface area contributed by atoms with Gasteiger partial charge in [-0.05, 0) is 19.3 Å². The van der Waals surface area contributed by atoms with Crippen LogP contribution in [0.4, 0.5) is 0 Å². The van der Waals surface area contributed by atoms with Gasteiger partial charge in [-0.2, -0.15) is 0 Å². The summed E-state index contributed by atoms with van der Waals surface area (Å²) in [7, 11) is 0. The molecule has 1 amide bonds. The van der Waals surface area contributed by atoms with Crippen LogP contribution in [0.5, 0.6) is 0 Å². The molecule has 0 fully saturated rings. The van der Waals surface area contributed by atoms with Gasteiger partial charge in [-0.1, -0.05) is 13.8 Å². The number of hydrogen-bond acceptors (Lipinski definition) is 4. The normalized spacial score (nSPS) is 14.5. The van der Waals surface area contributed by atoms with Crippen LogP contribution in [0.2, 0.25) is 0 Å². The Morgan fingerprint density at radius 1 is 1.24 bits per heavy atom. The summed E-state index contributed by atoms with van der Waals surface area (Å²) in [6, 6.07) is -0.285. The second kappa shape index (κ2) is 8.20. The van der Waals surface area contributed by atoms with E-state index in [9.17, 15) is 14.7 Å². The van der Waals surface area contributed by atoms with Crippen molar-refractivity contribution in [3.8, 4) is 0 Å². The maximum atomic E-state index is 11.5. The number of hydrogen-bond donors (Lipinski definition) is 3. The smallest absolute Gasteiger partial charge is 0.222 e. The quantitative estimate of drug-likeness (QED) is 0.571. The van der Waals surface area contributed by atoms with E-state index in [1.165, 1.54) is 6.92 Å². The lowest BCUT2D eigenvalue weighted by Gasteiger charge is -2.19. The van der Waals surface area contributed by atoms with Crippen LogP contribution >= 0.6 is 0 Å². The van der Waals surface area contributed by atoms with Crippen LogP contribution in [0.25, 0.3) is 0 Å². The van der Waals surface area contributed by atoms with E-state index in [2.05, 4.69) is 5.32 Å². The van der Waals surface area contributed by atoms with Crippen molar-refractivity contribution in [3.05, 3.63) is 0 Å². The first-order chi connectivity index (χ1) is 7.85. The molecule has 0 saturated heterocycles. The van der Waals surface area contributed by atoms with E-state index in [0.717, 1.165) is 0 Å². The van der Waals surface area contributed by atoms with Gasteiger partial charge in [-0.3, -0.25) is 9.59 Å². The standard InChI is InChI=1S/C12H23NO4/c1-8(2)4-10(7-14)13-12(17)6-11(16)5-9(3)15/h8,10-11,14,16H,4-7H2,1-3H3,(H,13,17)/t10-,11+/m0/s1. The van der Waals surface area contributed by atoms with E-state index in [0.29, 0.717) is 12.3 Å². The van der Waals surface area contributed by atoms with Gasteiger partial charge >= 0.3 is 0 Å². The maximum Gasteiger partial charge on any atom is 0.222 e. The minimum atomic E-state index is -0.939. The van der Waals surface area contributed by atoms with Crippen LogP contribution in [-0.4, -0.2) is 40.7 Å². The molecule has 5 heteroatoms. The molecule has 0 heterocycles. The summed E-state index contributed by atoms with van der Waals surface area (Å²) in [6.45, 7) is 5.25. The predicted molar refractivity (Wildman–Crippen MR) is 64.4 cm³/mol. The topological polar surface area (TPSA) is 86.6 Å². The van der Waals surface area contributed by atoms with Gasteiger partial charge in [0.2, 0.25) is 5.91 Å². The molecular weight excluding hydrogens is 222 g/mol. The Kier molecular flexibility index (Phi) is 7.74. The summed E-state index contributed by atoms with van der Waals surface area (Å²) >= 11 is 0. The number of aliphatic hydroxyl groups is 2. The van der Waals surface area contributed by atoms with Crippen molar-refractivity contribution in [2.75, 3.05) is 6.61 Å². The lowest BCUT2D eigenvalue weighted by Crippen LogP contribution is -2.39. The SMILES string of the molecule is CC(=O)C[C@@H](O)CC(=O)N[C@H](CO)CC(C)C. The molecule has 0 aliphatic heterocycles. The van der Waals surface area contributed by atoms with E-state index in [-0.39, 0.29) is 37.2 Å². The van der Waals surface area contributed by atoms with Gasteiger partial charge in [0.1, 0.15) is 5.78 Å². The van der Waals surface area contributed by atoms with E-state index in [4.69, 9.17) is 5.11 Å². The first-order valence-electron chi connectivity index (χ1n) is 5.92. The van der Waals surface area contributed by atoms with Crippen molar-refractivity contribution in [3.63, 3.8) is 0 Å². The number of aliphatic hydroxyl groups excluding tert-OH is 2. The number of carbonyl (C=O) groups excluding carboxylic acids is 2. The largest absolute Gasteiger partial charge is 0.394 e. The number of rotatable bonds is 8. The first-order valence-corrected chi connectivity index (χ1v) is 5.92. The Morgan fingerprint density at radius 2 is 1.82 bits per heavy atom.